The van der Waals surface area contributed by atoms with Gasteiger partial charge in [0.25, 0.3) is 0 Å². The fourth-order valence-corrected chi connectivity index (χ4v) is 5.14. The van der Waals surface area contributed by atoms with E-state index in [4.69, 9.17) is 0 Å². The molecule has 1 aromatic heterocycles. The minimum atomic E-state index is 0.245. The number of benzene rings is 2. The van der Waals surface area contributed by atoms with Crippen LogP contribution in [0.3, 0.4) is 0 Å². The van der Waals surface area contributed by atoms with Crippen molar-refractivity contribution in [3.63, 3.8) is 0 Å². The van der Waals surface area contributed by atoms with Gasteiger partial charge in [-0.2, -0.15) is 0 Å². The molecule has 1 aliphatic carbocycles. The maximum Gasteiger partial charge on any atom is 0.0944 e. The molecule has 0 saturated heterocycles. The zero-order chi connectivity index (χ0) is 18.4. The maximum absolute atomic E-state index is 4.59. The second kappa shape index (κ2) is 6.60. The van der Waals surface area contributed by atoms with Gasteiger partial charge in [0.1, 0.15) is 0 Å². The third-order valence-electron chi connectivity index (χ3n) is 6.62. The van der Waals surface area contributed by atoms with Crippen LogP contribution in [0.5, 0.6) is 0 Å². The Balaban J connectivity index is 1.63. The first-order chi connectivity index (χ1) is 13.2. The van der Waals surface area contributed by atoms with Crippen LogP contribution in [0.1, 0.15) is 54.1 Å². The van der Waals surface area contributed by atoms with Crippen molar-refractivity contribution in [1.82, 2.24) is 9.88 Å². The Morgan fingerprint density at radius 2 is 1.78 bits per heavy atom. The molecule has 0 amide bonds. The van der Waals surface area contributed by atoms with Gasteiger partial charge < -0.3 is 9.88 Å². The molecule has 1 fully saturated rings. The average Bonchev–Trinajstić information content (AvgIpc) is 3.35. The molecule has 1 atom stereocenters. The van der Waals surface area contributed by atoms with Crippen molar-refractivity contribution < 1.29 is 0 Å². The van der Waals surface area contributed by atoms with Gasteiger partial charge in [0.15, 0.2) is 0 Å². The lowest BCUT2D eigenvalue weighted by Gasteiger charge is -2.41. The van der Waals surface area contributed by atoms with Crippen molar-refractivity contribution in [2.45, 2.75) is 45.1 Å². The first-order valence-corrected chi connectivity index (χ1v) is 10.3. The van der Waals surface area contributed by atoms with E-state index in [9.17, 15) is 0 Å². The molecule has 0 radical (unpaired) electrons. The Hall–Kier alpha value is -2.48. The molecule has 2 heterocycles. The molecule has 138 valence electrons. The number of aryl methyl sites for hydroxylation is 1. The molecule has 2 heteroatoms. The van der Waals surface area contributed by atoms with E-state index in [2.05, 4.69) is 71.9 Å². The van der Waals surface area contributed by atoms with Crippen LogP contribution in [-0.4, -0.2) is 16.4 Å². The quantitative estimate of drug-likeness (QED) is 0.598. The number of rotatable bonds is 3. The van der Waals surface area contributed by atoms with Crippen molar-refractivity contribution in [2.24, 2.45) is 5.92 Å². The number of para-hydroxylation sites is 1. The molecule has 0 spiro atoms. The summed E-state index contributed by atoms with van der Waals surface area (Å²) in [6.45, 7) is 7.81. The van der Waals surface area contributed by atoms with Crippen LogP contribution in [0.15, 0.2) is 60.8 Å². The van der Waals surface area contributed by atoms with Gasteiger partial charge in [0.2, 0.25) is 0 Å². The largest absolute Gasteiger partial charge is 0.362 e. The van der Waals surface area contributed by atoms with E-state index in [0.29, 0.717) is 5.92 Å². The number of allylic oxidation sites excluding steroid dienone is 1. The lowest BCUT2D eigenvalue weighted by molar-refractivity contribution is 0.241. The van der Waals surface area contributed by atoms with Gasteiger partial charge in [-0.05, 0) is 49.3 Å². The van der Waals surface area contributed by atoms with Crippen LogP contribution < -0.4 is 0 Å². The summed E-state index contributed by atoms with van der Waals surface area (Å²) in [4.78, 5) is 6.37. The summed E-state index contributed by atoms with van der Waals surface area (Å²) in [5.41, 5.74) is 8.15. The van der Waals surface area contributed by atoms with Crippen LogP contribution in [0.2, 0.25) is 0 Å². The molecule has 1 unspecified atom stereocenters. The molecular formula is C25H28N2. The Morgan fingerprint density at radius 1 is 1.04 bits per heavy atom. The number of hydrogen-bond donors (Lipinski definition) is 1. The van der Waals surface area contributed by atoms with Crippen molar-refractivity contribution in [3.05, 3.63) is 83.2 Å². The third-order valence-corrected chi connectivity index (χ3v) is 6.62. The van der Waals surface area contributed by atoms with E-state index in [-0.39, 0.29) is 6.04 Å². The van der Waals surface area contributed by atoms with Gasteiger partial charge >= 0.3 is 0 Å². The summed E-state index contributed by atoms with van der Waals surface area (Å²) in [6.07, 6.45) is 6.40. The highest BCUT2D eigenvalue weighted by Gasteiger charge is 2.34. The Bertz CT molecular complexity index is 973. The number of fused-ring (bicyclic) bond motifs is 3. The topological polar surface area (TPSA) is 19.0 Å². The molecule has 5 rings (SSSR count). The normalized spacial score (nSPS) is 20.2. The number of nitrogens with one attached hydrogen (secondary N) is 1. The monoisotopic (exact) mass is 356 g/mol. The minimum Gasteiger partial charge on any atom is -0.362 e. The predicted molar refractivity (Wildman–Crippen MR) is 113 cm³/mol. The van der Waals surface area contributed by atoms with E-state index >= 15 is 0 Å². The number of hydrogen-bond acceptors (Lipinski definition) is 1. The Kier molecular flexibility index (Phi) is 4.07. The van der Waals surface area contributed by atoms with Crippen LogP contribution in [0, 0.1) is 12.8 Å². The maximum atomic E-state index is 4.59. The molecule has 1 saturated carbocycles. The summed E-state index contributed by atoms with van der Waals surface area (Å²) in [5.74, 6) is 0.656. The highest BCUT2D eigenvalue weighted by molar-refractivity contribution is 5.85. The molecule has 1 aliphatic heterocycles. The van der Waals surface area contributed by atoms with Gasteiger partial charge in [-0.25, -0.2) is 0 Å². The van der Waals surface area contributed by atoms with Gasteiger partial charge in [-0.1, -0.05) is 67.4 Å². The van der Waals surface area contributed by atoms with Gasteiger partial charge in [-0.3, -0.25) is 0 Å². The first-order valence-electron chi connectivity index (χ1n) is 10.3. The van der Waals surface area contributed by atoms with Crippen molar-refractivity contribution >= 4 is 10.9 Å². The smallest absolute Gasteiger partial charge is 0.0944 e. The fourth-order valence-electron chi connectivity index (χ4n) is 5.14. The van der Waals surface area contributed by atoms with E-state index in [0.717, 1.165) is 13.0 Å². The van der Waals surface area contributed by atoms with Crippen LogP contribution in [-0.2, 0) is 6.42 Å². The molecular weight excluding hydrogens is 328 g/mol. The zero-order valence-corrected chi connectivity index (χ0v) is 16.2. The van der Waals surface area contributed by atoms with Crippen LogP contribution in [0.4, 0.5) is 0 Å². The lowest BCUT2D eigenvalue weighted by Crippen LogP contribution is -2.37. The Labute approximate surface area is 161 Å². The summed E-state index contributed by atoms with van der Waals surface area (Å²) < 4.78 is 0. The molecule has 0 bridgehead atoms. The third kappa shape index (κ3) is 2.79. The van der Waals surface area contributed by atoms with Gasteiger partial charge in [0, 0.05) is 28.8 Å². The number of aromatic nitrogens is 1. The highest BCUT2D eigenvalue weighted by atomic mass is 15.2. The number of nitrogens with zero attached hydrogens (tertiary/aromatic N) is 1. The summed E-state index contributed by atoms with van der Waals surface area (Å²) in [7, 11) is 0. The van der Waals surface area contributed by atoms with Gasteiger partial charge in [-0.15, -0.1) is 0 Å². The number of H-pyrrole nitrogens is 1. The minimum absolute atomic E-state index is 0.245. The number of aromatic amines is 1. The second-order valence-corrected chi connectivity index (χ2v) is 8.29. The summed E-state index contributed by atoms with van der Waals surface area (Å²) in [5, 5.41) is 1.38. The zero-order valence-electron chi connectivity index (χ0n) is 16.2. The first kappa shape index (κ1) is 16.7. The molecule has 3 aromatic rings. The van der Waals surface area contributed by atoms with E-state index in [1.54, 1.807) is 0 Å². The predicted octanol–water partition coefficient (Wildman–Crippen LogP) is 6.13. The molecule has 27 heavy (non-hydrogen) atoms. The average molecular weight is 357 g/mol. The van der Waals surface area contributed by atoms with E-state index < -0.39 is 0 Å². The summed E-state index contributed by atoms with van der Waals surface area (Å²) >= 11 is 0. The van der Waals surface area contributed by atoms with Crippen molar-refractivity contribution in [2.75, 3.05) is 6.54 Å². The molecule has 2 aromatic carbocycles. The van der Waals surface area contributed by atoms with Crippen molar-refractivity contribution in [3.8, 4) is 0 Å². The van der Waals surface area contributed by atoms with Crippen LogP contribution >= 0.6 is 0 Å². The van der Waals surface area contributed by atoms with E-state index in [1.165, 1.54) is 64.7 Å². The van der Waals surface area contributed by atoms with Crippen molar-refractivity contribution in [1.29, 1.82) is 0 Å². The molecule has 2 nitrogen and oxygen atoms in total. The molecule has 1 N–H and O–H groups in total. The molecule has 2 aliphatic rings. The Morgan fingerprint density at radius 3 is 2.56 bits per heavy atom. The fraction of sp³-hybridized carbons (Fsp3) is 0.360. The highest BCUT2D eigenvalue weighted by Crippen LogP contribution is 2.43. The second-order valence-electron chi connectivity index (χ2n) is 8.29. The van der Waals surface area contributed by atoms with Crippen LogP contribution in [0.25, 0.3) is 10.9 Å². The van der Waals surface area contributed by atoms with E-state index in [1.807, 2.05) is 0 Å². The summed E-state index contributed by atoms with van der Waals surface area (Å²) in [6, 6.07) is 18.1. The standard InChI is InChI=1S/C25H28N2/c1-17-11-13-20(14-12-17)25-24-22(21-9-5-6-10-23(21)26-24)15-16-27(25)18(2)19-7-3-4-8-19/h5-6,9-14,19,25-26H,2-4,7-8,15-16H2,1H3. The SMILES string of the molecule is C=C(C1CCCC1)N1CCc2c([nH]c3ccccc23)C1c1ccc(C)cc1. The van der Waals surface area contributed by atoms with Gasteiger partial charge in [0.05, 0.1) is 6.04 Å². The lowest BCUT2D eigenvalue weighted by atomic mass is 9.89.